The maximum atomic E-state index is 12.2. The molecular weight excluding hydrogens is 306 g/mol. The molecule has 3 aromatic rings. The van der Waals surface area contributed by atoms with E-state index in [2.05, 4.69) is 10.3 Å². The van der Waals surface area contributed by atoms with E-state index >= 15 is 0 Å². The minimum absolute atomic E-state index is 0.225. The molecule has 3 rings (SSSR count). The summed E-state index contributed by atoms with van der Waals surface area (Å²) in [7, 11) is 0. The van der Waals surface area contributed by atoms with Crippen LogP contribution in [0.25, 0.3) is 0 Å². The highest BCUT2D eigenvalue weighted by Gasteiger charge is 2.15. The Kier molecular flexibility index (Phi) is 5.29. The normalized spacial score (nSPS) is 10.5. The predicted molar refractivity (Wildman–Crippen MR) is 88.7 cm³/mol. The molecule has 124 valence electrons. The summed E-state index contributed by atoms with van der Waals surface area (Å²) in [5.74, 6) is 0.830. The average Bonchev–Trinajstić information content (AvgIpc) is 3.29. The zero-order valence-electron chi connectivity index (χ0n) is 13.2. The number of para-hydroxylation sites is 1. The summed E-state index contributed by atoms with van der Waals surface area (Å²) in [5, 5.41) is 2.86. The predicted octanol–water partition coefficient (Wildman–Crippen LogP) is 2.88. The van der Waals surface area contributed by atoms with Crippen molar-refractivity contribution in [3.05, 3.63) is 72.7 Å². The average molecular weight is 325 g/mol. The third-order valence-electron chi connectivity index (χ3n) is 3.53. The first-order valence-electron chi connectivity index (χ1n) is 7.81. The van der Waals surface area contributed by atoms with E-state index in [1.165, 1.54) is 6.26 Å². The number of amides is 1. The lowest BCUT2D eigenvalue weighted by molar-refractivity contribution is 0.0921. The molecule has 2 heterocycles. The number of nitrogens with one attached hydrogen (secondary N) is 1. The van der Waals surface area contributed by atoms with Crippen molar-refractivity contribution in [3.8, 4) is 5.75 Å². The molecular formula is C18H19N3O3. The number of ether oxygens (including phenoxy) is 1. The standard InChI is InChI=1S/C18H19N3O3/c22-18(20-8-4-10-21-11-9-19-14-21)17-15(7-12-23-17)13-24-16-5-2-1-3-6-16/h1-3,5-7,9,11-12,14H,4,8,10,13H2,(H,20,22). The number of aryl methyl sites for hydroxylation is 1. The molecule has 0 saturated carbocycles. The molecule has 1 aromatic carbocycles. The van der Waals surface area contributed by atoms with Crippen molar-refractivity contribution in [2.75, 3.05) is 6.54 Å². The van der Waals surface area contributed by atoms with Crippen molar-refractivity contribution >= 4 is 5.91 Å². The van der Waals surface area contributed by atoms with Crippen molar-refractivity contribution in [2.45, 2.75) is 19.6 Å². The Balaban J connectivity index is 1.47. The van der Waals surface area contributed by atoms with Gasteiger partial charge < -0.3 is 19.0 Å². The molecule has 1 N–H and O–H groups in total. The summed E-state index contributed by atoms with van der Waals surface area (Å²) in [6.07, 6.45) is 7.71. The van der Waals surface area contributed by atoms with Gasteiger partial charge in [-0.15, -0.1) is 0 Å². The summed E-state index contributed by atoms with van der Waals surface area (Å²) in [6.45, 7) is 1.66. The smallest absolute Gasteiger partial charge is 0.287 e. The first kappa shape index (κ1) is 15.9. The van der Waals surface area contributed by atoms with Crippen LogP contribution in [-0.4, -0.2) is 22.0 Å². The van der Waals surface area contributed by atoms with Gasteiger partial charge in [-0.2, -0.15) is 0 Å². The highest BCUT2D eigenvalue weighted by molar-refractivity contribution is 5.92. The van der Waals surface area contributed by atoms with E-state index in [1.807, 2.05) is 41.1 Å². The van der Waals surface area contributed by atoms with Crippen LogP contribution < -0.4 is 10.1 Å². The van der Waals surface area contributed by atoms with Gasteiger partial charge in [0.15, 0.2) is 5.76 Å². The van der Waals surface area contributed by atoms with Crippen molar-refractivity contribution in [1.29, 1.82) is 0 Å². The molecule has 0 unspecified atom stereocenters. The van der Waals surface area contributed by atoms with Crippen LogP contribution >= 0.6 is 0 Å². The fourth-order valence-corrected chi connectivity index (χ4v) is 2.29. The van der Waals surface area contributed by atoms with Crippen molar-refractivity contribution in [1.82, 2.24) is 14.9 Å². The molecule has 24 heavy (non-hydrogen) atoms. The van der Waals surface area contributed by atoms with Gasteiger partial charge >= 0.3 is 0 Å². The maximum Gasteiger partial charge on any atom is 0.287 e. The van der Waals surface area contributed by atoms with Gasteiger partial charge in [-0.3, -0.25) is 4.79 Å². The van der Waals surface area contributed by atoms with Gasteiger partial charge in [0.1, 0.15) is 12.4 Å². The van der Waals surface area contributed by atoms with Crippen LogP contribution in [0.2, 0.25) is 0 Å². The summed E-state index contributed by atoms with van der Waals surface area (Å²) in [6, 6.07) is 11.2. The molecule has 0 radical (unpaired) electrons. The first-order chi connectivity index (χ1) is 11.8. The molecule has 0 atom stereocenters. The third-order valence-corrected chi connectivity index (χ3v) is 3.53. The quantitative estimate of drug-likeness (QED) is 0.647. The zero-order valence-corrected chi connectivity index (χ0v) is 13.2. The number of benzene rings is 1. The van der Waals surface area contributed by atoms with E-state index in [1.54, 1.807) is 18.6 Å². The summed E-state index contributed by atoms with van der Waals surface area (Å²) >= 11 is 0. The number of carbonyl (C=O) groups is 1. The lowest BCUT2D eigenvalue weighted by Gasteiger charge is -2.07. The fraction of sp³-hybridized carbons (Fsp3) is 0.222. The topological polar surface area (TPSA) is 69.3 Å². The van der Waals surface area contributed by atoms with Crippen LogP contribution in [0.4, 0.5) is 0 Å². The molecule has 0 saturated heterocycles. The Hall–Kier alpha value is -3.02. The van der Waals surface area contributed by atoms with Gasteiger partial charge in [0.2, 0.25) is 0 Å². The van der Waals surface area contributed by atoms with Crippen LogP contribution in [0, 0.1) is 0 Å². The van der Waals surface area contributed by atoms with Gasteiger partial charge in [-0.05, 0) is 24.6 Å². The van der Waals surface area contributed by atoms with Gasteiger partial charge in [0.25, 0.3) is 5.91 Å². The lowest BCUT2D eigenvalue weighted by Crippen LogP contribution is -2.25. The summed E-state index contributed by atoms with van der Waals surface area (Å²) < 4.78 is 12.9. The number of hydrogen-bond acceptors (Lipinski definition) is 4. The Labute approximate surface area is 140 Å². The highest BCUT2D eigenvalue weighted by Crippen LogP contribution is 2.15. The maximum absolute atomic E-state index is 12.2. The number of aromatic nitrogens is 2. The Morgan fingerprint density at radius 2 is 2.12 bits per heavy atom. The van der Waals surface area contributed by atoms with Crippen LogP contribution in [0.5, 0.6) is 5.75 Å². The minimum Gasteiger partial charge on any atom is -0.489 e. The monoisotopic (exact) mass is 325 g/mol. The fourth-order valence-electron chi connectivity index (χ4n) is 2.29. The molecule has 0 fully saturated rings. The van der Waals surface area contributed by atoms with Gasteiger partial charge in [-0.1, -0.05) is 18.2 Å². The molecule has 0 bridgehead atoms. The number of carbonyl (C=O) groups excluding carboxylic acids is 1. The van der Waals surface area contributed by atoms with E-state index in [9.17, 15) is 4.79 Å². The third kappa shape index (κ3) is 4.25. The molecule has 0 aliphatic heterocycles. The number of rotatable bonds is 8. The van der Waals surface area contributed by atoms with Crippen LogP contribution in [0.1, 0.15) is 22.5 Å². The minimum atomic E-state index is -0.225. The molecule has 0 spiro atoms. The second kappa shape index (κ2) is 8.01. The van der Waals surface area contributed by atoms with Gasteiger partial charge in [-0.25, -0.2) is 4.98 Å². The summed E-state index contributed by atoms with van der Waals surface area (Å²) in [4.78, 5) is 16.2. The highest BCUT2D eigenvalue weighted by atomic mass is 16.5. The molecule has 6 nitrogen and oxygen atoms in total. The zero-order chi connectivity index (χ0) is 16.6. The Morgan fingerprint density at radius 1 is 1.25 bits per heavy atom. The second-order valence-electron chi connectivity index (χ2n) is 5.29. The second-order valence-corrected chi connectivity index (χ2v) is 5.29. The Morgan fingerprint density at radius 3 is 2.92 bits per heavy atom. The number of furan rings is 1. The van der Waals surface area contributed by atoms with E-state index < -0.39 is 0 Å². The van der Waals surface area contributed by atoms with E-state index in [4.69, 9.17) is 9.15 Å². The lowest BCUT2D eigenvalue weighted by atomic mass is 10.2. The molecule has 0 aliphatic rings. The van der Waals surface area contributed by atoms with Crippen LogP contribution in [-0.2, 0) is 13.2 Å². The number of nitrogens with zero attached hydrogens (tertiary/aromatic N) is 2. The Bertz CT molecular complexity index is 751. The largest absolute Gasteiger partial charge is 0.489 e. The SMILES string of the molecule is O=C(NCCCn1ccnc1)c1occc1COc1ccccc1. The van der Waals surface area contributed by atoms with Crippen LogP contribution in [0.3, 0.4) is 0 Å². The molecule has 2 aromatic heterocycles. The van der Waals surface area contributed by atoms with E-state index in [0.29, 0.717) is 12.3 Å². The first-order valence-corrected chi connectivity index (χ1v) is 7.81. The molecule has 6 heteroatoms. The van der Waals surface area contributed by atoms with E-state index in [-0.39, 0.29) is 12.5 Å². The summed E-state index contributed by atoms with van der Waals surface area (Å²) in [5.41, 5.74) is 0.728. The van der Waals surface area contributed by atoms with Crippen molar-refractivity contribution < 1.29 is 13.9 Å². The van der Waals surface area contributed by atoms with Gasteiger partial charge in [0, 0.05) is 31.0 Å². The number of hydrogen-bond donors (Lipinski definition) is 1. The van der Waals surface area contributed by atoms with Crippen molar-refractivity contribution in [3.63, 3.8) is 0 Å². The van der Waals surface area contributed by atoms with Gasteiger partial charge in [0.05, 0.1) is 12.6 Å². The molecule has 1 amide bonds. The molecule has 0 aliphatic carbocycles. The van der Waals surface area contributed by atoms with Crippen LogP contribution in [0.15, 0.2) is 65.8 Å². The van der Waals surface area contributed by atoms with Crippen molar-refractivity contribution in [2.24, 2.45) is 0 Å². The number of imidazole rings is 1. The van der Waals surface area contributed by atoms with E-state index in [0.717, 1.165) is 24.3 Å².